The number of aromatic nitrogens is 1. The molecule has 0 unspecified atom stereocenters. The summed E-state index contributed by atoms with van der Waals surface area (Å²) in [7, 11) is 1.53. The van der Waals surface area contributed by atoms with Gasteiger partial charge in [0.15, 0.2) is 0 Å². The van der Waals surface area contributed by atoms with Crippen LogP contribution in [-0.4, -0.2) is 18.0 Å². The third-order valence-electron chi connectivity index (χ3n) is 4.11. The van der Waals surface area contributed by atoms with Crippen molar-refractivity contribution in [2.45, 2.75) is 12.7 Å². The molecule has 0 aliphatic carbocycles. The predicted molar refractivity (Wildman–Crippen MR) is 104 cm³/mol. The summed E-state index contributed by atoms with van der Waals surface area (Å²) >= 11 is 0. The highest BCUT2D eigenvalue weighted by molar-refractivity contribution is 6.08. The lowest BCUT2D eigenvalue weighted by Gasteiger charge is -2.13. The highest BCUT2D eigenvalue weighted by Gasteiger charge is 2.30. The molecule has 0 radical (unpaired) electrons. The number of pyridine rings is 1. The van der Waals surface area contributed by atoms with Crippen LogP contribution in [0.25, 0.3) is 0 Å². The second-order valence-corrected chi connectivity index (χ2v) is 6.14. The first-order valence-corrected chi connectivity index (χ1v) is 8.67. The minimum atomic E-state index is -4.48. The third kappa shape index (κ3) is 5.25. The number of carbonyl (C=O) groups is 1. The van der Waals surface area contributed by atoms with Crippen LogP contribution in [0.3, 0.4) is 0 Å². The highest BCUT2D eigenvalue weighted by atomic mass is 19.4. The number of methoxy groups -OCH3 is 1. The van der Waals surface area contributed by atoms with E-state index in [1.165, 1.54) is 19.2 Å². The summed E-state index contributed by atoms with van der Waals surface area (Å²) in [5.74, 6) is -0.0186. The Bertz CT molecular complexity index is 989. The molecule has 2 aromatic carbocycles. The molecule has 29 heavy (non-hydrogen) atoms. The van der Waals surface area contributed by atoms with Crippen LogP contribution in [0.1, 0.15) is 21.5 Å². The zero-order valence-corrected chi connectivity index (χ0v) is 15.5. The number of hydrogen-bond donors (Lipinski definition) is 2. The summed E-state index contributed by atoms with van der Waals surface area (Å²) in [5, 5.41) is 5.66. The van der Waals surface area contributed by atoms with E-state index >= 15 is 0 Å². The Morgan fingerprint density at radius 3 is 2.55 bits per heavy atom. The van der Waals surface area contributed by atoms with Crippen molar-refractivity contribution in [1.82, 2.24) is 4.98 Å². The van der Waals surface area contributed by atoms with Gasteiger partial charge in [0.2, 0.25) is 5.88 Å². The molecule has 1 heterocycles. The maximum Gasteiger partial charge on any atom is 0.416 e. The summed E-state index contributed by atoms with van der Waals surface area (Å²) < 4.78 is 43.6. The number of halogens is 3. The number of hydrogen-bond acceptors (Lipinski definition) is 4. The molecule has 8 heteroatoms. The fraction of sp³-hybridized carbons (Fsp3) is 0.143. The van der Waals surface area contributed by atoms with Crippen LogP contribution in [0, 0.1) is 0 Å². The standard InChI is InChI=1S/C21H18F3N3O2/c1-29-19-10-9-14(13-26-19)12-25-18-8-3-2-7-17(18)20(28)27-16-6-4-5-15(11-16)21(22,23)24/h2-11,13,25H,12H2,1H3,(H,27,28). The molecule has 0 saturated heterocycles. The van der Waals surface area contributed by atoms with E-state index in [1.54, 1.807) is 36.5 Å². The zero-order valence-electron chi connectivity index (χ0n) is 15.5. The van der Waals surface area contributed by atoms with Gasteiger partial charge in [0.05, 0.1) is 18.2 Å². The van der Waals surface area contributed by atoms with Gasteiger partial charge in [-0.1, -0.05) is 24.3 Å². The van der Waals surface area contributed by atoms with E-state index < -0.39 is 17.6 Å². The van der Waals surface area contributed by atoms with E-state index in [0.29, 0.717) is 23.7 Å². The van der Waals surface area contributed by atoms with E-state index in [9.17, 15) is 18.0 Å². The van der Waals surface area contributed by atoms with Gasteiger partial charge in [0.1, 0.15) is 0 Å². The molecule has 3 aromatic rings. The van der Waals surface area contributed by atoms with E-state index in [-0.39, 0.29) is 5.69 Å². The summed E-state index contributed by atoms with van der Waals surface area (Å²) in [6, 6.07) is 14.8. The van der Waals surface area contributed by atoms with E-state index in [2.05, 4.69) is 15.6 Å². The molecule has 0 bridgehead atoms. The lowest BCUT2D eigenvalue weighted by atomic mass is 10.1. The topological polar surface area (TPSA) is 63.2 Å². The molecule has 150 valence electrons. The number of ether oxygens (including phenoxy) is 1. The average molecular weight is 401 g/mol. The number of carbonyl (C=O) groups excluding carboxylic acids is 1. The summed E-state index contributed by atoms with van der Waals surface area (Å²) in [6.07, 6.45) is -2.83. The number of nitrogens with one attached hydrogen (secondary N) is 2. The molecule has 0 saturated carbocycles. The maximum absolute atomic E-state index is 12.9. The first kappa shape index (κ1) is 20.2. The Morgan fingerprint density at radius 1 is 1.07 bits per heavy atom. The molecule has 1 amide bonds. The van der Waals surface area contributed by atoms with Crippen molar-refractivity contribution in [3.05, 3.63) is 83.6 Å². The predicted octanol–water partition coefficient (Wildman–Crippen LogP) is 4.97. The van der Waals surface area contributed by atoms with Crippen LogP contribution >= 0.6 is 0 Å². The lowest BCUT2D eigenvalue weighted by Crippen LogP contribution is -2.15. The van der Waals surface area contributed by atoms with Gasteiger partial charge < -0.3 is 15.4 Å². The van der Waals surface area contributed by atoms with Crippen molar-refractivity contribution in [3.63, 3.8) is 0 Å². The van der Waals surface area contributed by atoms with Gasteiger partial charge in [-0.25, -0.2) is 4.98 Å². The number of nitrogens with zero attached hydrogens (tertiary/aromatic N) is 1. The quantitative estimate of drug-likeness (QED) is 0.612. The highest BCUT2D eigenvalue weighted by Crippen LogP contribution is 2.31. The number of para-hydroxylation sites is 1. The number of anilines is 2. The molecule has 0 aliphatic rings. The minimum absolute atomic E-state index is 0.0685. The average Bonchev–Trinajstić information content (AvgIpc) is 2.72. The van der Waals surface area contributed by atoms with Crippen LogP contribution in [-0.2, 0) is 12.7 Å². The van der Waals surface area contributed by atoms with Gasteiger partial charge in [0.25, 0.3) is 5.91 Å². The van der Waals surface area contributed by atoms with Crippen molar-refractivity contribution in [3.8, 4) is 5.88 Å². The van der Waals surface area contributed by atoms with Gasteiger partial charge in [-0.3, -0.25) is 4.79 Å². The van der Waals surface area contributed by atoms with Crippen molar-refractivity contribution in [2.24, 2.45) is 0 Å². The smallest absolute Gasteiger partial charge is 0.416 e. The Hall–Kier alpha value is -3.55. The van der Waals surface area contributed by atoms with Gasteiger partial charge >= 0.3 is 6.18 Å². The fourth-order valence-electron chi connectivity index (χ4n) is 2.64. The summed E-state index contributed by atoms with van der Waals surface area (Å²) in [6.45, 7) is 0.408. The Morgan fingerprint density at radius 2 is 1.86 bits per heavy atom. The fourth-order valence-corrected chi connectivity index (χ4v) is 2.64. The lowest BCUT2D eigenvalue weighted by molar-refractivity contribution is -0.137. The van der Waals surface area contributed by atoms with Gasteiger partial charge in [0, 0.05) is 30.2 Å². The molecule has 2 N–H and O–H groups in total. The molecule has 3 rings (SSSR count). The number of benzene rings is 2. The van der Waals surface area contributed by atoms with Gasteiger partial charge in [-0.15, -0.1) is 0 Å². The minimum Gasteiger partial charge on any atom is -0.481 e. The molecular weight excluding hydrogens is 383 g/mol. The molecule has 0 aliphatic heterocycles. The first-order valence-electron chi connectivity index (χ1n) is 8.67. The van der Waals surface area contributed by atoms with Crippen molar-refractivity contribution >= 4 is 17.3 Å². The van der Waals surface area contributed by atoms with Crippen LogP contribution in [0.2, 0.25) is 0 Å². The van der Waals surface area contributed by atoms with E-state index in [1.807, 2.05) is 6.07 Å². The van der Waals surface area contributed by atoms with Crippen molar-refractivity contribution in [1.29, 1.82) is 0 Å². The Kier molecular flexibility index (Phi) is 6.01. The Balaban J connectivity index is 1.73. The zero-order chi connectivity index (χ0) is 20.9. The monoisotopic (exact) mass is 401 g/mol. The first-order chi connectivity index (χ1) is 13.9. The normalized spacial score (nSPS) is 11.0. The summed E-state index contributed by atoms with van der Waals surface area (Å²) in [4.78, 5) is 16.7. The maximum atomic E-state index is 12.9. The molecule has 5 nitrogen and oxygen atoms in total. The van der Waals surface area contributed by atoms with E-state index in [0.717, 1.165) is 17.7 Å². The second kappa shape index (κ2) is 8.64. The SMILES string of the molecule is COc1ccc(CNc2ccccc2C(=O)Nc2cccc(C(F)(F)F)c2)cn1. The van der Waals surface area contributed by atoms with Crippen LogP contribution < -0.4 is 15.4 Å². The molecule has 0 spiro atoms. The number of rotatable bonds is 6. The second-order valence-electron chi connectivity index (χ2n) is 6.14. The Labute approximate surface area is 165 Å². The third-order valence-corrected chi connectivity index (χ3v) is 4.11. The molecule has 0 fully saturated rings. The van der Waals surface area contributed by atoms with Gasteiger partial charge in [-0.2, -0.15) is 13.2 Å². The number of amides is 1. The van der Waals surface area contributed by atoms with Crippen LogP contribution in [0.15, 0.2) is 66.9 Å². The van der Waals surface area contributed by atoms with Gasteiger partial charge in [-0.05, 0) is 35.9 Å². The molecule has 1 aromatic heterocycles. The molecular formula is C21H18F3N3O2. The van der Waals surface area contributed by atoms with Crippen LogP contribution in [0.4, 0.5) is 24.5 Å². The number of alkyl halides is 3. The van der Waals surface area contributed by atoms with E-state index in [4.69, 9.17) is 4.74 Å². The molecule has 0 atom stereocenters. The van der Waals surface area contributed by atoms with Crippen molar-refractivity contribution in [2.75, 3.05) is 17.7 Å². The summed E-state index contributed by atoms with van der Waals surface area (Å²) in [5.41, 5.74) is 0.978. The largest absolute Gasteiger partial charge is 0.481 e. The van der Waals surface area contributed by atoms with Crippen molar-refractivity contribution < 1.29 is 22.7 Å². The van der Waals surface area contributed by atoms with Crippen LogP contribution in [0.5, 0.6) is 5.88 Å².